The predicted molar refractivity (Wildman–Crippen MR) is 63.8 cm³/mol. The highest BCUT2D eigenvalue weighted by molar-refractivity contribution is 7.92. The highest BCUT2D eigenvalue weighted by atomic mass is 35.5. The van der Waals surface area contributed by atoms with Crippen LogP contribution in [-0.4, -0.2) is 20.0 Å². The molecule has 88 valence electrons. The third-order valence-corrected chi connectivity index (χ3v) is 4.59. The Kier molecular flexibility index (Phi) is 4.35. The van der Waals surface area contributed by atoms with E-state index >= 15 is 0 Å². The normalized spacial score (nSPS) is 11.4. The molecule has 1 rings (SSSR count). The van der Waals surface area contributed by atoms with E-state index in [9.17, 15) is 13.2 Å². The number of rotatable bonds is 4. The van der Waals surface area contributed by atoms with Crippen LogP contribution < -0.4 is 0 Å². The molecule has 0 heterocycles. The van der Waals surface area contributed by atoms with Crippen molar-refractivity contribution in [2.75, 3.05) is 5.75 Å². The predicted octanol–water partition coefficient (Wildman–Crippen LogP) is 2.75. The van der Waals surface area contributed by atoms with Crippen molar-refractivity contribution in [3.8, 4) is 0 Å². The van der Waals surface area contributed by atoms with Crippen molar-refractivity contribution in [1.29, 1.82) is 0 Å². The highest BCUT2D eigenvalue weighted by Gasteiger charge is 2.23. The van der Waals surface area contributed by atoms with Crippen molar-refractivity contribution in [3.05, 3.63) is 28.2 Å². The second-order valence-corrected chi connectivity index (χ2v) is 5.94. The number of halogens is 2. The molecule has 1 aromatic rings. The van der Waals surface area contributed by atoms with E-state index in [2.05, 4.69) is 0 Å². The average molecular weight is 281 g/mol. The van der Waals surface area contributed by atoms with Gasteiger partial charge in [0, 0.05) is 6.42 Å². The van der Waals surface area contributed by atoms with Crippen molar-refractivity contribution in [2.45, 2.75) is 18.2 Å². The van der Waals surface area contributed by atoms with Gasteiger partial charge in [0.2, 0.25) is 0 Å². The lowest BCUT2D eigenvalue weighted by Crippen LogP contribution is -2.16. The Morgan fingerprint density at radius 1 is 1.25 bits per heavy atom. The first-order chi connectivity index (χ1) is 7.38. The van der Waals surface area contributed by atoms with Gasteiger partial charge in [0.25, 0.3) is 0 Å². The zero-order valence-corrected chi connectivity index (χ0v) is 10.9. The molecule has 0 unspecified atom stereocenters. The number of carbonyl (C=O) groups excluding carboxylic acids is 1. The van der Waals surface area contributed by atoms with Crippen molar-refractivity contribution < 1.29 is 13.2 Å². The Bertz CT molecular complexity index is 489. The summed E-state index contributed by atoms with van der Waals surface area (Å²) in [4.78, 5) is 11.0. The van der Waals surface area contributed by atoms with Crippen LogP contribution in [0.5, 0.6) is 0 Å². The van der Waals surface area contributed by atoms with Gasteiger partial charge in [-0.25, -0.2) is 8.42 Å². The molecule has 0 aromatic heterocycles. The molecule has 0 radical (unpaired) electrons. The van der Waals surface area contributed by atoms with Gasteiger partial charge in [-0.3, -0.25) is 4.79 Å². The van der Waals surface area contributed by atoms with E-state index in [1.807, 2.05) is 0 Å². The largest absolute Gasteiger partial charge is 0.299 e. The maximum absolute atomic E-state index is 11.9. The minimum absolute atomic E-state index is 0.0383. The summed E-state index contributed by atoms with van der Waals surface area (Å²) in [6.45, 7) is 1.60. The molecule has 0 N–H and O–H groups in total. The van der Waals surface area contributed by atoms with Crippen LogP contribution in [-0.2, 0) is 14.6 Å². The van der Waals surface area contributed by atoms with Gasteiger partial charge in [-0.2, -0.15) is 0 Å². The topological polar surface area (TPSA) is 51.2 Å². The fourth-order valence-corrected chi connectivity index (χ4v) is 3.77. The SMILES string of the molecule is CCC(=O)CS(=O)(=O)c1c(Cl)cccc1Cl. The second-order valence-electron chi connectivity index (χ2n) is 3.20. The smallest absolute Gasteiger partial charge is 0.188 e. The van der Waals surface area contributed by atoms with Crippen molar-refractivity contribution in [2.24, 2.45) is 0 Å². The van der Waals surface area contributed by atoms with E-state index in [1.54, 1.807) is 13.0 Å². The zero-order valence-electron chi connectivity index (χ0n) is 8.54. The molecule has 16 heavy (non-hydrogen) atoms. The first-order valence-electron chi connectivity index (χ1n) is 4.57. The quantitative estimate of drug-likeness (QED) is 0.852. The molecule has 0 atom stereocenters. The number of carbonyl (C=O) groups is 1. The number of ketones is 1. The maximum Gasteiger partial charge on any atom is 0.188 e. The molecule has 0 spiro atoms. The van der Waals surface area contributed by atoms with Crippen LogP contribution in [0.2, 0.25) is 10.0 Å². The molecule has 0 saturated heterocycles. The number of benzene rings is 1. The molecule has 3 nitrogen and oxygen atoms in total. The van der Waals surface area contributed by atoms with Crippen LogP contribution in [0.1, 0.15) is 13.3 Å². The summed E-state index contributed by atoms with van der Waals surface area (Å²) in [6, 6.07) is 4.40. The lowest BCUT2D eigenvalue weighted by molar-refractivity contribution is -0.116. The van der Waals surface area contributed by atoms with Crippen molar-refractivity contribution in [1.82, 2.24) is 0 Å². The minimum Gasteiger partial charge on any atom is -0.299 e. The summed E-state index contributed by atoms with van der Waals surface area (Å²) in [5.41, 5.74) is 0. The first kappa shape index (κ1) is 13.5. The Balaban J connectivity index is 3.23. The zero-order chi connectivity index (χ0) is 12.3. The third-order valence-electron chi connectivity index (χ3n) is 1.98. The van der Waals surface area contributed by atoms with Crippen LogP contribution in [0.3, 0.4) is 0 Å². The molecule has 6 heteroatoms. The van der Waals surface area contributed by atoms with Crippen LogP contribution in [0.4, 0.5) is 0 Å². The van der Waals surface area contributed by atoms with Gasteiger partial charge in [0.1, 0.15) is 16.4 Å². The third kappa shape index (κ3) is 2.97. The Hall–Kier alpha value is -0.580. The van der Waals surface area contributed by atoms with Gasteiger partial charge in [0.05, 0.1) is 10.0 Å². The van der Waals surface area contributed by atoms with Crippen LogP contribution in [0.15, 0.2) is 23.1 Å². The van der Waals surface area contributed by atoms with Gasteiger partial charge >= 0.3 is 0 Å². The summed E-state index contributed by atoms with van der Waals surface area (Å²) in [6.07, 6.45) is 0.168. The van der Waals surface area contributed by atoms with Crippen LogP contribution in [0.25, 0.3) is 0 Å². The van der Waals surface area contributed by atoms with Gasteiger partial charge in [0.15, 0.2) is 9.84 Å². The van der Waals surface area contributed by atoms with E-state index in [4.69, 9.17) is 23.2 Å². The molecule has 0 aliphatic heterocycles. The summed E-state index contributed by atoms with van der Waals surface area (Å²) in [5, 5.41) is 0.0767. The number of hydrogen-bond acceptors (Lipinski definition) is 3. The fraction of sp³-hybridized carbons (Fsp3) is 0.300. The van der Waals surface area contributed by atoms with Crippen LogP contribution in [0, 0.1) is 0 Å². The van der Waals surface area contributed by atoms with Gasteiger partial charge < -0.3 is 0 Å². The van der Waals surface area contributed by atoms with Crippen molar-refractivity contribution in [3.63, 3.8) is 0 Å². The summed E-state index contributed by atoms with van der Waals surface area (Å²) in [7, 11) is -3.75. The van der Waals surface area contributed by atoms with Crippen molar-refractivity contribution >= 4 is 38.8 Å². The minimum atomic E-state index is -3.75. The first-order valence-corrected chi connectivity index (χ1v) is 6.97. The Morgan fingerprint density at radius 2 is 1.75 bits per heavy atom. The van der Waals surface area contributed by atoms with Crippen LogP contribution >= 0.6 is 23.2 Å². The van der Waals surface area contributed by atoms with E-state index in [0.29, 0.717) is 0 Å². The summed E-state index contributed by atoms with van der Waals surface area (Å²) in [5.74, 6) is -0.927. The van der Waals surface area contributed by atoms with Gasteiger partial charge in [-0.1, -0.05) is 36.2 Å². The van der Waals surface area contributed by atoms with E-state index < -0.39 is 15.6 Å². The molecule has 0 aliphatic carbocycles. The lowest BCUT2D eigenvalue weighted by Gasteiger charge is -2.07. The molecular weight excluding hydrogens is 271 g/mol. The maximum atomic E-state index is 11.9. The lowest BCUT2D eigenvalue weighted by atomic mass is 10.3. The molecule has 0 aliphatic rings. The Labute approximate surface area is 104 Å². The standard InChI is InChI=1S/C10H10Cl2O3S/c1-2-7(13)6-16(14,15)10-8(11)4-3-5-9(10)12/h3-5H,2,6H2,1H3. The number of sulfone groups is 1. The fourth-order valence-electron chi connectivity index (χ4n) is 1.17. The number of hydrogen-bond donors (Lipinski definition) is 0. The number of Topliss-reactive ketones (excluding diaryl/α,β-unsaturated/α-hetero) is 1. The molecular formula is C10H10Cl2O3S. The molecule has 1 aromatic carbocycles. The summed E-state index contributed by atoms with van der Waals surface area (Å²) >= 11 is 11.5. The van der Waals surface area contributed by atoms with E-state index in [0.717, 1.165) is 0 Å². The second kappa shape index (κ2) is 5.17. The average Bonchev–Trinajstić information content (AvgIpc) is 2.16. The monoisotopic (exact) mass is 280 g/mol. The van der Waals surface area contributed by atoms with Gasteiger partial charge in [-0.05, 0) is 12.1 Å². The molecule has 0 fully saturated rings. The molecule has 0 amide bonds. The highest BCUT2D eigenvalue weighted by Crippen LogP contribution is 2.29. The van der Waals surface area contributed by atoms with Gasteiger partial charge in [-0.15, -0.1) is 0 Å². The Morgan fingerprint density at radius 3 is 2.19 bits per heavy atom. The van der Waals surface area contributed by atoms with E-state index in [1.165, 1.54) is 12.1 Å². The van der Waals surface area contributed by atoms with E-state index in [-0.39, 0.29) is 27.1 Å². The summed E-state index contributed by atoms with van der Waals surface area (Å²) < 4.78 is 23.7. The molecule has 0 bridgehead atoms. The molecule has 0 saturated carbocycles.